The molecule has 0 spiro atoms. The molecule has 0 unspecified atom stereocenters. The van der Waals surface area contributed by atoms with Crippen molar-refractivity contribution < 1.29 is 4.74 Å². The first-order chi connectivity index (χ1) is 11.2. The van der Waals surface area contributed by atoms with Gasteiger partial charge in [0.2, 0.25) is 0 Å². The number of aromatic nitrogens is 1. The molecule has 124 valence electrons. The Morgan fingerprint density at radius 1 is 1.39 bits per heavy atom. The van der Waals surface area contributed by atoms with E-state index in [1.807, 2.05) is 25.2 Å². The van der Waals surface area contributed by atoms with Gasteiger partial charge >= 0.3 is 0 Å². The highest BCUT2D eigenvalue weighted by Gasteiger charge is 2.10. The summed E-state index contributed by atoms with van der Waals surface area (Å²) in [6.45, 7) is 3.52. The first kappa shape index (κ1) is 17.3. The third kappa shape index (κ3) is 4.69. The molecule has 5 nitrogen and oxygen atoms in total. The van der Waals surface area contributed by atoms with E-state index in [0.717, 1.165) is 35.9 Å². The van der Waals surface area contributed by atoms with Gasteiger partial charge in [-0.15, -0.1) is 11.3 Å². The van der Waals surface area contributed by atoms with Crippen LogP contribution < -0.4 is 10.1 Å². The highest BCUT2D eigenvalue weighted by Crippen LogP contribution is 2.18. The number of ether oxygens (including phenoxy) is 1. The Bertz CT molecular complexity index is 654. The third-order valence-corrected chi connectivity index (χ3v) is 4.54. The summed E-state index contributed by atoms with van der Waals surface area (Å²) in [5.74, 6) is 1.73. The molecule has 0 aliphatic heterocycles. The molecule has 0 aliphatic carbocycles. The summed E-state index contributed by atoms with van der Waals surface area (Å²) in [7, 11) is 5.50. The molecule has 0 amide bonds. The molecule has 2 aromatic rings. The number of para-hydroxylation sites is 1. The van der Waals surface area contributed by atoms with Crippen LogP contribution in [0, 0.1) is 0 Å². The molecule has 0 radical (unpaired) electrons. The van der Waals surface area contributed by atoms with Crippen LogP contribution in [0.5, 0.6) is 5.75 Å². The Labute approximate surface area is 142 Å². The standard InChI is InChI=1S/C17H24N4OS/c1-5-16-20-14(12-23-16)10-19-17(18-2)21(3)11-13-8-6-7-9-15(13)22-4/h6-9,12H,5,10-11H2,1-4H3,(H,18,19). The highest BCUT2D eigenvalue weighted by molar-refractivity contribution is 7.09. The van der Waals surface area contributed by atoms with E-state index in [1.165, 1.54) is 5.01 Å². The van der Waals surface area contributed by atoms with Gasteiger partial charge in [-0.2, -0.15) is 0 Å². The van der Waals surface area contributed by atoms with E-state index in [0.29, 0.717) is 6.54 Å². The quantitative estimate of drug-likeness (QED) is 0.653. The molecule has 0 aliphatic rings. The summed E-state index contributed by atoms with van der Waals surface area (Å²) in [6, 6.07) is 8.03. The van der Waals surface area contributed by atoms with E-state index in [2.05, 4.69) is 38.6 Å². The molecule has 6 heteroatoms. The van der Waals surface area contributed by atoms with Gasteiger partial charge in [-0.25, -0.2) is 4.98 Å². The topological polar surface area (TPSA) is 49.8 Å². The molecule has 0 fully saturated rings. The number of hydrogen-bond acceptors (Lipinski definition) is 4. The normalized spacial score (nSPS) is 11.4. The monoisotopic (exact) mass is 332 g/mol. The fraction of sp³-hybridized carbons (Fsp3) is 0.412. The van der Waals surface area contributed by atoms with Crippen LogP contribution in [0.2, 0.25) is 0 Å². The summed E-state index contributed by atoms with van der Waals surface area (Å²) in [4.78, 5) is 11.0. The molecule has 1 N–H and O–H groups in total. The van der Waals surface area contributed by atoms with Crippen molar-refractivity contribution in [2.24, 2.45) is 4.99 Å². The second-order valence-electron chi connectivity index (χ2n) is 5.15. The Hall–Kier alpha value is -2.08. The van der Waals surface area contributed by atoms with Crippen molar-refractivity contribution >= 4 is 17.3 Å². The van der Waals surface area contributed by atoms with Crippen LogP contribution in [-0.4, -0.2) is 37.0 Å². The fourth-order valence-corrected chi connectivity index (χ4v) is 3.06. The molecular formula is C17H24N4OS. The molecule has 0 bridgehead atoms. The summed E-state index contributed by atoms with van der Waals surface area (Å²) < 4.78 is 5.41. The molecule has 0 atom stereocenters. The maximum absolute atomic E-state index is 5.41. The van der Waals surface area contributed by atoms with Crippen LogP contribution >= 0.6 is 11.3 Å². The molecule has 1 aromatic heterocycles. The predicted molar refractivity (Wildman–Crippen MR) is 96.2 cm³/mol. The van der Waals surface area contributed by atoms with Crippen molar-refractivity contribution in [1.29, 1.82) is 0 Å². The van der Waals surface area contributed by atoms with Crippen LogP contribution in [0.3, 0.4) is 0 Å². The lowest BCUT2D eigenvalue weighted by atomic mass is 10.2. The first-order valence-corrected chi connectivity index (χ1v) is 8.52. The van der Waals surface area contributed by atoms with E-state index in [-0.39, 0.29) is 0 Å². The number of guanidine groups is 1. The minimum atomic E-state index is 0.680. The van der Waals surface area contributed by atoms with E-state index >= 15 is 0 Å². The smallest absolute Gasteiger partial charge is 0.194 e. The molecule has 0 saturated heterocycles. The lowest BCUT2D eigenvalue weighted by Crippen LogP contribution is -2.38. The van der Waals surface area contributed by atoms with Crippen molar-refractivity contribution in [3.05, 3.63) is 45.9 Å². The largest absolute Gasteiger partial charge is 0.496 e. The summed E-state index contributed by atoms with van der Waals surface area (Å²) in [6.07, 6.45) is 0.979. The van der Waals surface area contributed by atoms with Crippen molar-refractivity contribution in [3.63, 3.8) is 0 Å². The lowest BCUT2D eigenvalue weighted by Gasteiger charge is -2.22. The molecular weight excluding hydrogens is 308 g/mol. The van der Waals surface area contributed by atoms with E-state index in [1.54, 1.807) is 25.5 Å². The zero-order valence-corrected chi connectivity index (χ0v) is 15.0. The van der Waals surface area contributed by atoms with E-state index in [9.17, 15) is 0 Å². The van der Waals surface area contributed by atoms with E-state index in [4.69, 9.17) is 4.74 Å². The second kappa shape index (κ2) is 8.53. The van der Waals surface area contributed by atoms with Gasteiger partial charge in [0.05, 0.1) is 24.4 Å². The van der Waals surface area contributed by atoms with E-state index < -0.39 is 0 Å². The molecule has 1 heterocycles. The molecule has 1 aromatic carbocycles. The van der Waals surface area contributed by atoms with Crippen molar-refractivity contribution in [2.45, 2.75) is 26.4 Å². The van der Waals surface area contributed by atoms with Crippen LogP contribution in [0.1, 0.15) is 23.2 Å². The van der Waals surface area contributed by atoms with Crippen molar-refractivity contribution in [3.8, 4) is 5.75 Å². The maximum atomic E-state index is 5.41. The van der Waals surface area contributed by atoms with Crippen molar-refractivity contribution in [2.75, 3.05) is 21.2 Å². The number of nitrogens with one attached hydrogen (secondary N) is 1. The second-order valence-corrected chi connectivity index (χ2v) is 6.10. The Kier molecular flexibility index (Phi) is 6.40. The van der Waals surface area contributed by atoms with Crippen LogP contribution in [0.25, 0.3) is 0 Å². The Morgan fingerprint density at radius 2 is 2.17 bits per heavy atom. The highest BCUT2D eigenvalue weighted by atomic mass is 32.1. The van der Waals surface area contributed by atoms with Gasteiger partial charge in [0.25, 0.3) is 0 Å². The van der Waals surface area contributed by atoms with Gasteiger partial charge in [-0.05, 0) is 12.5 Å². The van der Waals surface area contributed by atoms with Gasteiger partial charge in [0, 0.05) is 31.6 Å². The lowest BCUT2D eigenvalue weighted by molar-refractivity contribution is 0.396. The minimum Gasteiger partial charge on any atom is -0.496 e. The molecule has 23 heavy (non-hydrogen) atoms. The average Bonchev–Trinajstić information content (AvgIpc) is 3.04. The first-order valence-electron chi connectivity index (χ1n) is 7.64. The number of nitrogens with zero attached hydrogens (tertiary/aromatic N) is 3. The van der Waals surface area contributed by atoms with Gasteiger partial charge in [0.15, 0.2) is 5.96 Å². The van der Waals surface area contributed by atoms with Crippen molar-refractivity contribution in [1.82, 2.24) is 15.2 Å². The van der Waals surface area contributed by atoms with Gasteiger partial charge in [-0.3, -0.25) is 4.99 Å². The number of rotatable bonds is 6. The zero-order valence-electron chi connectivity index (χ0n) is 14.2. The van der Waals surface area contributed by atoms with Crippen LogP contribution in [-0.2, 0) is 19.5 Å². The predicted octanol–water partition coefficient (Wildman–Crippen LogP) is 2.92. The average molecular weight is 332 g/mol. The number of hydrogen-bond donors (Lipinski definition) is 1. The zero-order chi connectivity index (χ0) is 16.7. The van der Waals surface area contributed by atoms with Crippen LogP contribution in [0.15, 0.2) is 34.6 Å². The summed E-state index contributed by atoms with van der Waals surface area (Å²) in [5.41, 5.74) is 2.18. The Balaban J connectivity index is 1.97. The number of aliphatic imine (C=N–C) groups is 1. The number of benzene rings is 1. The van der Waals surface area contributed by atoms with Crippen LogP contribution in [0.4, 0.5) is 0 Å². The number of thiazole rings is 1. The SMILES string of the molecule is CCc1nc(CNC(=NC)N(C)Cc2ccccc2OC)cs1. The maximum Gasteiger partial charge on any atom is 0.194 e. The van der Waals surface area contributed by atoms with Gasteiger partial charge in [-0.1, -0.05) is 25.1 Å². The summed E-state index contributed by atoms with van der Waals surface area (Å²) >= 11 is 1.70. The fourth-order valence-electron chi connectivity index (χ4n) is 2.31. The Morgan fingerprint density at radius 3 is 2.83 bits per heavy atom. The number of aryl methyl sites for hydroxylation is 1. The van der Waals surface area contributed by atoms with Gasteiger partial charge in [0.1, 0.15) is 5.75 Å². The minimum absolute atomic E-state index is 0.680. The summed E-state index contributed by atoms with van der Waals surface area (Å²) in [5, 5.41) is 6.62. The number of methoxy groups -OCH3 is 1. The molecule has 0 saturated carbocycles. The third-order valence-electron chi connectivity index (χ3n) is 3.50. The van der Waals surface area contributed by atoms with Gasteiger partial charge < -0.3 is 15.0 Å². The molecule has 2 rings (SSSR count).